The molecule has 8 heteroatoms. The molecule has 0 bridgehead atoms. The van der Waals surface area contributed by atoms with Crippen LogP contribution in [0.2, 0.25) is 0 Å². The molecule has 0 spiro atoms. The molecular weight excluding hydrogens is 312 g/mol. The Bertz CT molecular complexity index is 665. The highest BCUT2D eigenvalue weighted by Crippen LogP contribution is 2.39. The third-order valence-electron chi connectivity index (χ3n) is 2.85. The van der Waals surface area contributed by atoms with E-state index in [1.165, 1.54) is 21.6 Å². The number of hydrogen-bond donors (Lipinski definition) is 2. The van der Waals surface area contributed by atoms with E-state index in [0.717, 1.165) is 10.7 Å². The first-order valence-corrected chi connectivity index (χ1v) is 8.59. The summed E-state index contributed by atoms with van der Waals surface area (Å²) >= 11 is 0. The fraction of sp³-hybridized carbons (Fsp3) is 0.385. The number of aliphatic hydroxyl groups excluding tert-OH is 1. The highest BCUT2D eigenvalue weighted by atomic mass is 33.1. The zero-order chi connectivity index (χ0) is 15.4. The molecule has 0 radical (unpaired) electrons. The third-order valence-corrected chi connectivity index (χ3v) is 5.27. The second-order valence-corrected chi connectivity index (χ2v) is 6.82. The first-order valence-electron chi connectivity index (χ1n) is 6.27. The van der Waals surface area contributed by atoms with Crippen molar-refractivity contribution in [2.45, 2.75) is 19.3 Å². The number of hydrogen-bond acceptors (Lipinski definition) is 6. The first kappa shape index (κ1) is 16.2. The molecule has 2 heterocycles. The van der Waals surface area contributed by atoms with Gasteiger partial charge in [-0.2, -0.15) is 0 Å². The number of aromatic nitrogens is 2. The number of rotatable bonds is 6. The van der Waals surface area contributed by atoms with Gasteiger partial charge in [-0.1, -0.05) is 27.7 Å². The Kier molecular flexibility index (Phi) is 5.51. The minimum Gasteiger partial charge on any atom is -0.393 e. The van der Waals surface area contributed by atoms with Crippen LogP contribution in [0.25, 0.3) is 0 Å². The van der Waals surface area contributed by atoms with Crippen LogP contribution < -0.4 is 11.2 Å². The standard InChI is InChI=1S/C13H16N2O4S2/c1-3-4-20-21-10-5-11(19-9(10)7-16)15-6-8(2)12(17)14-13(15)18/h3,5-6,9,11,16H,1,4,7H2,2H3,(H,14,17,18)/t9-,11-/m1/s1. The van der Waals surface area contributed by atoms with Crippen molar-refractivity contribution in [3.05, 3.63) is 56.2 Å². The summed E-state index contributed by atoms with van der Waals surface area (Å²) in [4.78, 5) is 26.3. The van der Waals surface area contributed by atoms with E-state index in [-0.39, 0.29) is 6.61 Å². The monoisotopic (exact) mass is 328 g/mol. The summed E-state index contributed by atoms with van der Waals surface area (Å²) < 4.78 is 6.96. The quantitative estimate of drug-likeness (QED) is 0.463. The van der Waals surface area contributed by atoms with Gasteiger partial charge >= 0.3 is 5.69 Å². The van der Waals surface area contributed by atoms with Crippen LogP contribution in [0.1, 0.15) is 11.8 Å². The number of aromatic amines is 1. The molecular formula is C13H16N2O4S2. The molecule has 2 N–H and O–H groups in total. The number of nitrogens with one attached hydrogen (secondary N) is 1. The lowest BCUT2D eigenvalue weighted by molar-refractivity contribution is -0.0115. The van der Waals surface area contributed by atoms with Crippen LogP contribution in [0.4, 0.5) is 0 Å². The van der Waals surface area contributed by atoms with E-state index in [9.17, 15) is 14.7 Å². The summed E-state index contributed by atoms with van der Waals surface area (Å²) in [5, 5.41) is 9.37. The zero-order valence-corrected chi connectivity index (χ0v) is 13.1. The van der Waals surface area contributed by atoms with Crippen LogP contribution in [0.15, 0.2) is 39.4 Å². The summed E-state index contributed by atoms with van der Waals surface area (Å²) in [6.07, 6.45) is 3.94. The molecule has 2 rings (SSSR count). The Morgan fingerprint density at radius 1 is 1.57 bits per heavy atom. The molecule has 6 nitrogen and oxygen atoms in total. The summed E-state index contributed by atoms with van der Waals surface area (Å²) in [6.45, 7) is 5.09. The van der Waals surface area contributed by atoms with Gasteiger partial charge in [0.25, 0.3) is 5.56 Å². The van der Waals surface area contributed by atoms with Crippen LogP contribution in [0.3, 0.4) is 0 Å². The van der Waals surface area contributed by atoms with Crippen molar-refractivity contribution in [1.82, 2.24) is 9.55 Å². The molecule has 1 aromatic heterocycles. The fourth-order valence-corrected chi connectivity index (χ4v) is 3.91. The van der Waals surface area contributed by atoms with Crippen molar-refractivity contribution in [2.24, 2.45) is 0 Å². The van der Waals surface area contributed by atoms with Gasteiger partial charge in [-0.25, -0.2) is 4.79 Å². The van der Waals surface area contributed by atoms with E-state index in [0.29, 0.717) is 5.56 Å². The van der Waals surface area contributed by atoms with Crippen LogP contribution in [-0.4, -0.2) is 33.1 Å². The van der Waals surface area contributed by atoms with Gasteiger partial charge in [0, 0.05) is 22.4 Å². The largest absolute Gasteiger partial charge is 0.393 e. The topological polar surface area (TPSA) is 84.3 Å². The van der Waals surface area contributed by atoms with Gasteiger partial charge in [0.15, 0.2) is 6.23 Å². The summed E-state index contributed by atoms with van der Waals surface area (Å²) in [5.74, 6) is 0.766. The number of ether oxygens (including phenoxy) is 1. The predicted molar refractivity (Wildman–Crippen MR) is 85.4 cm³/mol. The number of aliphatic hydroxyl groups is 1. The van der Waals surface area contributed by atoms with E-state index < -0.39 is 23.6 Å². The zero-order valence-electron chi connectivity index (χ0n) is 11.4. The maximum atomic E-state index is 11.9. The second-order valence-electron chi connectivity index (χ2n) is 4.40. The Labute approximate surface area is 129 Å². The Morgan fingerprint density at radius 2 is 2.33 bits per heavy atom. The van der Waals surface area contributed by atoms with E-state index in [4.69, 9.17) is 4.74 Å². The van der Waals surface area contributed by atoms with Crippen molar-refractivity contribution >= 4 is 21.6 Å². The third kappa shape index (κ3) is 3.70. The molecule has 0 unspecified atom stereocenters. The number of nitrogens with zero attached hydrogens (tertiary/aromatic N) is 1. The van der Waals surface area contributed by atoms with E-state index in [1.807, 2.05) is 0 Å². The van der Waals surface area contributed by atoms with Crippen molar-refractivity contribution in [3.63, 3.8) is 0 Å². The minimum absolute atomic E-state index is 0.166. The van der Waals surface area contributed by atoms with Crippen LogP contribution in [0.5, 0.6) is 0 Å². The summed E-state index contributed by atoms with van der Waals surface area (Å²) in [6, 6.07) is 0. The molecule has 1 aliphatic heterocycles. The van der Waals surface area contributed by atoms with Crippen LogP contribution >= 0.6 is 21.6 Å². The van der Waals surface area contributed by atoms with E-state index >= 15 is 0 Å². The molecule has 0 aromatic carbocycles. The lowest BCUT2D eigenvalue weighted by atomic mass is 10.3. The lowest BCUT2D eigenvalue weighted by Crippen LogP contribution is -2.33. The molecule has 0 fully saturated rings. The van der Waals surface area contributed by atoms with Crippen molar-refractivity contribution in [2.75, 3.05) is 12.4 Å². The Balaban J connectivity index is 2.25. The number of H-pyrrole nitrogens is 1. The Morgan fingerprint density at radius 3 is 3.00 bits per heavy atom. The molecule has 114 valence electrons. The molecule has 0 aliphatic carbocycles. The molecule has 21 heavy (non-hydrogen) atoms. The van der Waals surface area contributed by atoms with Crippen molar-refractivity contribution < 1.29 is 9.84 Å². The first-order chi connectivity index (χ1) is 10.1. The molecule has 2 atom stereocenters. The average molecular weight is 328 g/mol. The van der Waals surface area contributed by atoms with Crippen LogP contribution in [0, 0.1) is 6.92 Å². The van der Waals surface area contributed by atoms with Gasteiger partial charge in [-0.15, -0.1) is 6.58 Å². The summed E-state index contributed by atoms with van der Waals surface area (Å²) in [5.41, 5.74) is -0.518. The maximum absolute atomic E-state index is 11.9. The highest BCUT2D eigenvalue weighted by Gasteiger charge is 2.29. The van der Waals surface area contributed by atoms with Gasteiger partial charge < -0.3 is 9.84 Å². The van der Waals surface area contributed by atoms with Gasteiger partial charge in [0.05, 0.1) is 6.61 Å². The summed E-state index contributed by atoms with van der Waals surface area (Å²) in [7, 11) is 3.06. The van der Waals surface area contributed by atoms with Crippen molar-refractivity contribution in [1.29, 1.82) is 0 Å². The highest BCUT2D eigenvalue weighted by molar-refractivity contribution is 8.78. The second kappa shape index (κ2) is 7.17. The van der Waals surface area contributed by atoms with Gasteiger partial charge in [0.1, 0.15) is 6.10 Å². The normalized spacial score (nSPS) is 21.3. The maximum Gasteiger partial charge on any atom is 0.330 e. The van der Waals surface area contributed by atoms with Crippen LogP contribution in [-0.2, 0) is 4.74 Å². The lowest BCUT2D eigenvalue weighted by Gasteiger charge is -2.15. The molecule has 1 aromatic rings. The SMILES string of the molecule is C=CCSSC1=C[C@H](n2cc(C)c(=O)[nH]c2=O)O[C@@H]1CO. The van der Waals surface area contributed by atoms with E-state index in [2.05, 4.69) is 11.6 Å². The fourth-order valence-electron chi connectivity index (χ4n) is 1.81. The van der Waals surface area contributed by atoms with Gasteiger partial charge in [0.2, 0.25) is 0 Å². The smallest absolute Gasteiger partial charge is 0.330 e. The molecule has 0 saturated carbocycles. The molecule has 0 amide bonds. The van der Waals surface area contributed by atoms with E-state index in [1.54, 1.807) is 29.9 Å². The Hall–Kier alpha value is -1.22. The van der Waals surface area contributed by atoms with Gasteiger partial charge in [-0.3, -0.25) is 14.3 Å². The predicted octanol–water partition coefficient (Wildman–Crippen LogP) is 1.19. The average Bonchev–Trinajstić information content (AvgIpc) is 2.86. The molecule has 1 aliphatic rings. The number of aryl methyl sites for hydroxylation is 1. The van der Waals surface area contributed by atoms with Gasteiger partial charge in [-0.05, 0) is 13.0 Å². The minimum atomic E-state index is -0.628. The van der Waals surface area contributed by atoms with Crippen molar-refractivity contribution in [3.8, 4) is 0 Å². The molecule has 0 saturated heterocycles.